The van der Waals surface area contributed by atoms with Crippen molar-refractivity contribution in [3.8, 4) is 6.07 Å². The summed E-state index contributed by atoms with van der Waals surface area (Å²) in [6, 6.07) is 4.04. The third-order valence-corrected chi connectivity index (χ3v) is 4.47. The number of amides is 1. The van der Waals surface area contributed by atoms with Gasteiger partial charge in [0, 0.05) is 23.8 Å². The van der Waals surface area contributed by atoms with Crippen molar-refractivity contribution < 1.29 is 4.79 Å². The molecule has 5 nitrogen and oxygen atoms in total. The van der Waals surface area contributed by atoms with E-state index in [0.29, 0.717) is 29.1 Å². The molecule has 0 aromatic carbocycles. The quantitative estimate of drug-likeness (QED) is 0.875. The van der Waals surface area contributed by atoms with Crippen LogP contribution in [-0.4, -0.2) is 21.9 Å². The molecule has 3 rings (SSSR count). The number of rotatable bonds is 3. The number of fused-ring (bicyclic) bond motifs is 1. The lowest BCUT2D eigenvalue weighted by Gasteiger charge is -2.31. The number of aromatic nitrogens is 2. The fourth-order valence-corrected chi connectivity index (χ4v) is 3.02. The Kier molecular flexibility index (Phi) is 4.18. The maximum Gasteiger partial charge on any atom is 0.270 e. The standard InChI is InChI=1S/C17H17ClN4O/c1-9(2)13-7-21-16(14-8-20-15(18)5-12(13)14)17(23)22-11-3-10(4-11)6-19/h5,7-11H,3-4H2,1-2H3,(H,22,23)/t10-,11-. The van der Waals surface area contributed by atoms with Gasteiger partial charge in [-0.15, -0.1) is 0 Å². The van der Waals surface area contributed by atoms with E-state index in [0.717, 1.165) is 10.9 Å². The molecule has 1 saturated carbocycles. The summed E-state index contributed by atoms with van der Waals surface area (Å²) in [6.45, 7) is 4.14. The molecule has 118 valence electrons. The van der Waals surface area contributed by atoms with E-state index < -0.39 is 0 Å². The molecular weight excluding hydrogens is 312 g/mol. The zero-order chi connectivity index (χ0) is 16.6. The molecule has 1 aliphatic rings. The van der Waals surface area contributed by atoms with Crippen LogP contribution in [-0.2, 0) is 0 Å². The van der Waals surface area contributed by atoms with Crippen LogP contribution >= 0.6 is 11.6 Å². The molecule has 0 spiro atoms. The van der Waals surface area contributed by atoms with Crippen molar-refractivity contribution >= 4 is 28.3 Å². The van der Waals surface area contributed by atoms with E-state index in [1.54, 1.807) is 18.5 Å². The predicted molar refractivity (Wildman–Crippen MR) is 88.2 cm³/mol. The number of hydrogen-bond donors (Lipinski definition) is 1. The van der Waals surface area contributed by atoms with Crippen LogP contribution in [0.4, 0.5) is 0 Å². The van der Waals surface area contributed by atoms with Gasteiger partial charge in [0.05, 0.1) is 12.0 Å². The molecule has 1 fully saturated rings. The number of pyridine rings is 2. The average molecular weight is 329 g/mol. The number of nitriles is 1. The highest BCUT2D eigenvalue weighted by Crippen LogP contribution is 2.29. The summed E-state index contributed by atoms with van der Waals surface area (Å²) in [6.07, 6.45) is 4.74. The molecule has 0 bridgehead atoms. The summed E-state index contributed by atoms with van der Waals surface area (Å²) in [5.74, 6) is 0.0909. The largest absolute Gasteiger partial charge is 0.348 e. The molecule has 0 aliphatic heterocycles. The minimum absolute atomic E-state index is 0.0498. The monoisotopic (exact) mass is 328 g/mol. The third kappa shape index (κ3) is 2.99. The van der Waals surface area contributed by atoms with E-state index in [1.807, 2.05) is 0 Å². The minimum Gasteiger partial charge on any atom is -0.348 e. The molecule has 1 aliphatic carbocycles. The zero-order valence-corrected chi connectivity index (χ0v) is 13.8. The van der Waals surface area contributed by atoms with Gasteiger partial charge >= 0.3 is 0 Å². The van der Waals surface area contributed by atoms with Crippen LogP contribution in [0.5, 0.6) is 0 Å². The first-order chi connectivity index (χ1) is 11.0. The van der Waals surface area contributed by atoms with Crippen molar-refractivity contribution in [1.82, 2.24) is 15.3 Å². The first-order valence-electron chi connectivity index (χ1n) is 7.64. The maximum atomic E-state index is 12.5. The molecule has 2 aromatic rings. The SMILES string of the molecule is CC(C)c1cnc(C(=O)N[C@H]2C[C@H](C#N)C2)c2cnc(Cl)cc12. The Labute approximate surface area is 139 Å². The second-order valence-corrected chi connectivity index (χ2v) is 6.62. The number of nitrogens with zero attached hydrogens (tertiary/aromatic N) is 3. The summed E-state index contributed by atoms with van der Waals surface area (Å²) >= 11 is 6.01. The van der Waals surface area contributed by atoms with Crippen LogP contribution in [0.3, 0.4) is 0 Å². The van der Waals surface area contributed by atoms with E-state index in [4.69, 9.17) is 16.9 Å². The van der Waals surface area contributed by atoms with E-state index in [9.17, 15) is 4.79 Å². The fraction of sp³-hybridized carbons (Fsp3) is 0.412. The van der Waals surface area contributed by atoms with E-state index in [2.05, 4.69) is 35.2 Å². The van der Waals surface area contributed by atoms with Crippen LogP contribution in [0.1, 0.15) is 48.7 Å². The maximum absolute atomic E-state index is 12.5. The summed E-state index contributed by atoms with van der Waals surface area (Å²) < 4.78 is 0. The molecule has 0 radical (unpaired) electrons. The molecule has 1 amide bonds. The summed E-state index contributed by atoms with van der Waals surface area (Å²) in [4.78, 5) is 20.9. The van der Waals surface area contributed by atoms with Gasteiger partial charge in [-0.1, -0.05) is 25.4 Å². The smallest absolute Gasteiger partial charge is 0.270 e. The van der Waals surface area contributed by atoms with Crippen LogP contribution in [0.25, 0.3) is 10.8 Å². The van der Waals surface area contributed by atoms with Gasteiger partial charge in [-0.3, -0.25) is 9.78 Å². The van der Waals surface area contributed by atoms with Gasteiger partial charge < -0.3 is 5.32 Å². The molecule has 23 heavy (non-hydrogen) atoms. The molecule has 0 unspecified atom stereocenters. The van der Waals surface area contributed by atoms with Gasteiger partial charge in [-0.25, -0.2) is 4.98 Å². The summed E-state index contributed by atoms with van der Waals surface area (Å²) in [5, 5.41) is 13.8. The number of carbonyl (C=O) groups excluding carboxylic acids is 1. The Morgan fingerprint density at radius 1 is 1.35 bits per heavy atom. The number of hydrogen-bond acceptors (Lipinski definition) is 4. The molecule has 2 heterocycles. The molecule has 1 N–H and O–H groups in total. The zero-order valence-electron chi connectivity index (χ0n) is 13.0. The Morgan fingerprint density at radius 2 is 2.09 bits per heavy atom. The Hall–Kier alpha value is -2.19. The third-order valence-electron chi connectivity index (χ3n) is 4.26. The van der Waals surface area contributed by atoms with Crippen LogP contribution in [0, 0.1) is 17.2 Å². The van der Waals surface area contributed by atoms with E-state index in [1.165, 1.54) is 0 Å². The van der Waals surface area contributed by atoms with Crippen molar-refractivity contribution in [3.63, 3.8) is 0 Å². The molecular formula is C17H17ClN4O. The van der Waals surface area contributed by atoms with Gasteiger partial charge in [0.15, 0.2) is 0 Å². The molecule has 6 heteroatoms. The number of halogens is 1. The topological polar surface area (TPSA) is 78.7 Å². The highest BCUT2D eigenvalue weighted by Gasteiger charge is 2.31. The van der Waals surface area contributed by atoms with Crippen molar-refractivity contribution in [3.05, 3.63) is 34.9 Å². The Morgan fingerprint density at radius 3 is 2.74 bits per heavy atom. The van der Waals surface area contributed by atoms with Crippen molar-refractivity contribution in [2.45, 2.75) is 38.6 Å². The van der Waals surface area contributed by atoms with Crippen molar-refractivity contribution in [2.24, 2.45) is 5.92 Å². The molecule has 0 atom stereocenters. The lowest BCUT2D eigenvalue weighted by molar-refractivity contribution is 0.0901. The van der Waals surface area contributed by atoms with Crippen molar-refractivity contribution in [1.29, 1.82) is 5.26 Å². The Bertz CT molecular complexity index is 806. The van der Waals surface area contributed by atoms with Crippen LogP contribution < -0.4 is 5.32 Å². The summed E-state index contributed by atoms with van der Waals surface area (Å²) in [7, 11) is 0. The van der Waals surface area contributed by atoms with Gasteiger partial charge in [0.2, 0.25) is 0 Å². The first-order valence-corrected chi connectivity index (χ1v) is 8.02. The van der Waals surface area contributed by atoms with Gasteiger partial charge in [-0.05, 0) is 35.8 Å². The van der Waals surface area contributed by atoms with Gasteiger partial charge in [-0.2, -0.15) is 5.26 Å². The van der Waals surface area contributed by atoms with E-state index >= 15 is 0 Å². The highest BCUT2D eigenvalue weighted by atomic mass is 35.5. The highest BCUT2D eigenvalue weighted by molar-refractivity contribution is 6.30. The Balaban J connectivity index is 1.94. The second kappa shape index (κ2) is 6.13. The van der Waals surface area contributed by atoms with E-state index in [-0.39, 0.29) is 23.8 Å². The van der Waals surface area contributed by atoms with Gasteiger partial charge in [0.1, 0.15) is 10.8 Å². The average Bonchev–Trinajstić information content (AvgIpc) is 2.48. The molecule has 0 saturated heterocycles. The van der Waals surface area contributed by atoms with Crippen LogP contribution in [0.2, 0.25) is 5.15 Å². The minimum atomic E-state index is -0.226. The molecule has 2 aromatic heterocycles. The number of nitrogens with one attached hydrogen (secondary N) is 1. The fourth-order valence-electron chi connectivity index (χ4n) is 2.87. The first kappa shape index (κ1) is 15.7. The normalized spacial score (nSPS) is 20.1. The lowest BCUT2D eigenvalue weighted by atomic mass is 9.81. The summed E-state index contributed by atoms with van der Waals surface area (Å²) in [5.41, 5.74) is 1.39. The van der Waals surface area contributed by atoms with Gasteiger partial charge in [0.25, 0.3) is 5.91 Å². The lowest BCUT2D eigenvalue weighted by Crippen LogP contribution is -2.44. The van der Waals surface area contributed by atoms with Crippen LogP contribution in [0.15, 0.2) is 18.5 Å². The van der Waals surface area contributed by atoms with Crippen molar-refractivity contribution in [2.75, 3.05) is 0 Å². The predicted octanol–water partition coefficient (Wildman–Crippen LogP) is 3.44. The number of carbonyl (C=O) groups is 1. The second-order valence-electron chi connectivity index (χ2n) is 6.24.